The summed E-state index contributed by atoms with van der Waals surface area (Å²) < 4.78 is 1.82. The first-order valence-corrected chi connectivity index (χ1v) is 9.17. The number of aromatic hydroxyl groups is 1. The lowest BCUT2D eigenvalue weighted by Gasteiger charge is -2.25. The van der Waals surface area contributed by atoms with Crippen molar-refractivity contribution in [3.05, 3.63) is 54.4 Å². The molecule has 2 N–H and O–H groups in total. The molecule has 1 saturated carbocycles. The van der Waals surface area contributed by atoms with Gasteiger partial charge in [0.1, 0.15) is 11.4 Å². The minimum absolute atomic E-state index is 0.114. The number of aromatic nitrogens is 5. The van der Waals surface area contributed by atoms with Crippen molar-refractivity contribution in [2.45, 2.75) is 31.2 Å². The van der Waals surface area contributed by atoms with Gasteiger partial charge in [-0.2, -0.15) is 0 Å². The van der Waals surface area contributed by atoms with Gasteiger partial charge in [0.15, 0.2) is 5.82 Å². The van der Waals surface area contributed by atoms with E-state index in [0.29, 0.717) is 16.9 Å². The maximum Gasteiger partial charge on any atom is 0.185 e. The molecule has 2 aromatic heterocycles. The van der Waals surface area contributed by atoms with Gasteiger partial charge < -0.3 is 15.0 Å². The Bertz CT molecular complexity index is 990. The molecule has 1 aliphatic heterocycles. The summed E-state index contributed by atoms with van der Waals surface area (Å²) in [4.78, 5) is 8.42. The standard InChI is InChI=1S/C20H20N6O/c27-18-10-16(26-8-7-21-13-26)1-2-17(18)19-22-12-15(24-25-19)9-14-3-6-23-20(11-14)4-5-20/h1-2,7-10,12-13,23,27H,3-6,11H2/b14-9-. The molecule has 2 fully saturated rings. The highest BCUT2D eigenvalue weighted by molar-refractivity contribution is 5.66. The first-order valence-electron chi connectivity index (χ1n) is 9.17. The molecule has 0 amide bonds. The Morgan fingerprint density at radius 1 is 1.22 bits per heavy atom. The Morgan fingerprint density at radius 2 is 2.15 bits per heavy atom. The van der Waals surface area contributed by atoms with Crippen molar-refractivity contribution in [1.82, 2.24) is 30.0 Å². The average Bonchev–Trinajstić information content (AvgIpc) is 3.20. The molecule has 1 aromatic carbocycles. The van der Waals surface area contributed by atoms with Gasteiger partial charge in [0.2, 0.25) is 0 Å². The molecule has 0 radical (unpaired) electrons. The zero-order chi connectivity index (χ0) is 18.3. The fraction of sp³-hybridized carbons (Fsp3) is 0.300. The van der Waals surface area contributed by atoms with Crippen LogP contribution in [0.4, 0.5) is 0 Å². The number of hydrogen-bond donors (Lipinski definition) is 2. The van der Waals surface area contributed by atoms with Crippen LogP contribution in [0.25, 0.3) is 23.2 Å². The molecule has 1 aliphatic carbocycles. The van der Waals surface area contributed by atoms with Crippen LogP contribution in [0, 0.1) is 0 Å². The predicted octanol–water partition coefficient (Wildman–Crippen LogP) is 2.73. The van der Waals surface area contributed by atoms with E-state index < -0.39 is 0 Å². The van der Waals surface area contributed by atoms with Gasteiger partial charge in [-0.25, -0.2) is 9.97 Å². The fourth-order valence-electron chi connectivity index (χ4n) is 3.67. The van der Waals surface area contributed by atoms with Crippen molar-refractivity contribution in [3.63, 3.8) is 0 Å². The van der Waals surface area contributed by atoms with Crippen LogP contribution in [-0.2, 0) is 0 Å². The summed E-state index contributed by atoms with van der Waals surface area (Å²) in [7, 11) is 0. The Hall–Kier alpha value is -3.06. The van der Waals surface area contributed by atoms with Crippen molar-refractivity contribution in [1.29, 1.82) is 0 Å². The minimum Gasteiger partial charge on any atom is -0.507 e. The lowest BCUT2D eigenvalue weighted by atomic mass is 9.96. The molecule has 0 unspecified atom stereocenters. The van der Waals surface area contributed by atoms with Crippen molar-refractivity contribution in [2.24, 2.45) is 0 Å². The third-order valence-corrected chi connectivity index (χ3v) is 5.32. The van der Waals surface area contributed by atoms with Crippen LogP contribution in [0.2, 0.25) is 0 Å². The van der Waals surface area contributed by atoms with Crippen LogP contribution < -0.4 is 5.32 Å². The Balaban J connectivity index is 1.37. The predicted molar refractivity (Wildman–Crippen MR) is 101 cm³/mol. The van der Waals surface area contributed by atoms with Crippen LogP contribution in [0.5, 0.6) is 5.75 Å². The zero-order valence-electron chi connectivity index (χ0n) is 14.8. The van der Waals surface area contributed by atoms with Crippen LogP contribution in [0.3, 0.4) is 0 Å². The maximum atomic E-state index is 10.4. The number of hydrogen-bond acceptors (Lipinski definition) is 6. The van der Waals surface area contributed by atoms with Gasteiger partial charge in [0.05, 0.1) is 23.8 Å². The van der Waals surface area contributed by atoms with Crippen LogP contribution in [0.15, 0.2) is 48.7 Å². The molecule has 1 spiro atoms. The van der Waals surface area contributed by atoms with E-state index in [9.17, 15) is 5.11 Å². The van der Waals surface area contributed by atoms with E-state index in [1.165, 1.54) is 18.4 Å². The van der Waals surface area contributed by atoms with Crippen molar-refractivity contribution >= 4 is 6.08 Å². The third kappa shape index (κ3) is 3.21. The van der Waals surface area contributed by atoms with E-state index in [4.69, 9.17) is 0 Å². The quantitative estimate of drug-likeness (QED) is 0.747. The number of piperidine rings is 1. The SMILES string of the molecule is Oc1cc(-n2ccnc2)ccc1-c1ncc(/C=C2/CCNC3(CC3)C2)nn1. The first kappa shape index (κ1) is 16.1. The molecule has 0 bridgehead atoms. The van der Waals surface area contributed by atoms with Gasteiger partial charge >= 0.3 is 0 Å². The number of rotatable bonds is 3. The normalized spacial score (nSPS) is 19.5. The summed E-state index contributed by atoms with van der Waals surface area (Å²) in [5, 5.41) is 22.5. The van der Waals surface area contributed by atoms with Gasteiger partial charge in [-0.15, -0.1) is 10.2 Å². The number of nitrogens with one attached hydrogen (secondary N) is 1. The molecule has 7 heteroatoms. The van der Waals surface area contributed by atoms with Crippen LogP contribution in [-0.4, -0.2) is 41.9 Å². The summed E-state index contributed by atoms with van der Waals surface area (Å²) >= 11 is 0. The summed E-state index contributed by atoms with van der Waals surface area (Å²) in [6, 6.07) is 5.35. The van der Waals surface area contributed by atoms with E-state index in [0.717, 1.165) is 30.8 Å². The molecule has 3 heterocycles. The van der Waals surface area contributed by atoms with E-state index in [2.05, 4.69) is 31.6 Å². The van der Waals surface area contributed by atoms with Gasteiger partial charge in [-0.05, 0) is 50.4 Å². The smallest absolute Gasteiger partial charge is 0.185 e. The van der Waals surface area contributed by atoms with E-state index in [-0.39, 0.29) is 5.75 Å². The summed E-state index contributed by atoms with van der Waals surface area (Å²) in [6.07, 6.45) is 13.7. The lowest BCUT2D eigenvalue weighted by Crippen LogP contribution is -2.36. The first-order chi connectivity index (χ1) is 13.2. The van der Waals surface area contributed by atoms with Crippen LogP contribution in [0.1, 0.15) is 31.4 Å². The largest absolute Gasteiger partial charge is 0.507 e. The second kappa shape index (κ2) is 6.28. The summed E-state index contributed by atoms with van der Waals surface area (Å²) in [6.45, 7) is 1.03. The average molecular weight is 360 g/mol. The number of imidazole rings is 1. The van der Waals surface area contributed by atoms with E-state index >= 15 is 0 Å². The molecule has 7 nitrogen and oxygen atoms in total. The highest BCUT2D eigenvalue weighted by Gasteiger charge is 2.44. The van der Waals surface area contributed by atoms with Crippen molar-refractivity contribution in [3.8, 4) is 22.8 Å². The fourth-order valence-corrected chi connectivity index (χ4v) is 3.67. The molecule has 136 valence electrons. The van der Waals surface area contributed by atoms with E-state index in [1.807, 2.05) is 16.8 Å². The highest BCUT2D eigenvalue weighted by Crippen LogP contribution is 2.44. The van der Waals surface area contributed by atoms with Crippen molar-refractivity contribution < 1.29 is 5.11 Å². The minimum atomic E-state index is 0.114. The molecular weight excluding hydrogens is 340 g/mol. The Morgan fingerprint density at radius 3 is 2.85 bits per heavy atom. The summed E-state index contributed by atoms with van der Waals surface area (Å²) in [5.41, 5.74) is 3.91. The van der Waals surface area contributed by atoms with Gasteiger partial charge in [0, 0.05) is 24.0 Å². The zero-order valence-corrected chi connectivity index (χ0v) is 14.8. The highest BCUT2D eigenvalue weighted by atomic mass is 16.3. The Kier molecular flexibility index (Phi) is 3.75. The molecular formula is C20H20N6O. The monoisotopic (exact) mass is 360 g/mol. The number of benzene rings is 1. The molecule has 2 aliphatic rings. The van der Waals surface area contributed by atoms with Gasteiger partial charge in [-0.1, -0.05) is 5.57 Å². The van der Waals surface area contributed by atoms with Gasteiger partial charge in [0.25, 0.3) is 0 Å². The number of nitrogens with zero attached hydrogens (tertiary/aromatic N) is 5. The number of phenols is 1. The topological polar surface area (TPSA) is 88.8 Å². The third-order valence-electron chi connectivity index (χ3n) is 5.32. The lowest BCUT2D eigenvalue weighted by molar-refractivity contribution is 0.449. The van der Waals surface area contributed by atoms with E-state index in [1.54, 1.807) is 30.9 Å². The second-order valence-electron chi connectivity index (χ2n) is 7.31. The summed E-state index contributed by atoms with van der Waals surface area (Å²) in [5.74, 6) is 0.527. The molecule has 3 aromatic rings. The van der Waals surface area contributed by atoms with Gasteiger partial charge in [-0.3, -0.25) is 0 Å². The molecule has 1 saturated heterocycles. The Labute approximate surface area is 156 Å². The maximum absolute atomic E-state index is 10.4. The number of phenolic OH excluding ortho intramolecular Hbond substituents is 1. The molecule has 0 atom stereocenters. The second-order valence-corrected chi connectivity index (χ2v) is 7.31. The molecule has 5 rings (SSSR count). The van der Waals surface area contributed by atoms with Crippen LogP contribution >= 0.6 is 0 Å². The molecule has 27 heavy (non-hydrogen) atoms. The van der Waals surface area contributed by atoms with Crippen molar-refractivity contribution in [2.75, 3.05) is 6.54 Å².